The summed E-state index contributed by atoms with van der Waals surface area (Å²) in [6, 6.07) is 1.87. The maximum absolute atomic E-state index is 12.3. The Morgan fingerprint density at radius 2 is 2.04 bits per heavy atom. The molecule has 3 rings (SSSR count). The van der Waals surface area contributed by atoms with Crippen LogP contribution in [0.15, 0.2) is 12.3 Å². The van der Waals surface area contributed by atoms with E-state index in [1.165, 1.54) is 0 Å². The van der Waals surface area contributed by atoms with Crippen LogP contribution in [0.5, 0.6) is 0 Å². The third-order valence-electron chi connectivity index (χ3n) is 4.80. The van der Waals surface area contributed by atoms with Crippen molar-refractivity contribution in [2.75, 3.05) is 38.2 Å². The Morgan fingerprint density at radius 1 is 1.28 bits per heavy atom. The second-order valence-electron chi connectivity index (χ2n) is 8.10. The van der Waals surface area contributed by atoms with Crippen molar-refractivity contribution in [2.24, 2.45) is 5.41 Å². The van der Waals surface area contributed by atoms with Crippen molar-refractivity contribution in [3.05, 3.63) is 18.0 Å². The lowest BCUT2D eigenvalue weighted by Crippen LogP contribution is -2.37. The Morgan fingerprint density at radius 3 is 2.76 bits per heavy atom. The maximum Gasteiger partial charge on any atom is 0.410 e. The summed E-state index contributed by atoms with van der Waals surface area (Å²) in [5, 5.41) is 0. The van der Waals surface area contributed by atoms with Crippen molar-refractivity contribution >= 4 is 12.0 Å². The molecule has 2 saturated heterocycles. The molecule has 0 N–H and O–H groups in total. The minimum absolute atomic E-state index is 0.123. The predicted molar refractivity (Wildman–Crippen MR) is 94.4 cm³/mol. The Hall–Kier alpha value is -1.89. The van der Waals surface area contributed by atoms with Gasteiger partial charge in [0.05, 0.1) is 12.3 Å². The highest BCUT2D eigenvalue weighted by Crippen LogP contribution is 2.40. The van der Waals surface area contributed by atoms with Gasteiger partial charge in [0, 0.05) is 44.9 Å². The van der Waals surface area contributed by atoms with E-state index >= 15 is 0 Å². The summed E-state index contributed by atoms with van der Waals surface area (Å²) < 4.78 is 10.7. The number of aromatic nitrogens is 2. The monoisotopic (exact) mass is 348 g/mol. The molecule has 7 nitrogen and oxygen atoms in total. The van der Waals surface area contributed by atoms with Crippen LogP contribution in [0, 0.1) is 5.41 Å². The first-order valence-electron chi connectivity index (χ1n) is 8.84. The SMILES string of the molecule is COCc1ccnc(N2CCC3(CCN(C(=O)OC(C)(C)C)C3)C2)n1. The third kappa shape index (κ3) is 4.21. The van der Waals surface area contributed by atoms with E-state index in [-0.39, 0.29) is 11.5 Å². The number of amides is 1. The standard InChI is InChI=1S/C18H28N4O3/c1-17(2,3)25-16(23)22-10-7-18(13-22)6-9-21(12-18)15-19-8-5-14(20-15)11-24-4/h5,8H,6-7,9-13H2,1-4H3. The number of nitrogens with zero attached hydrogens (tertiary/aromatic N) is 4. The van der Waals surface area contributed by atoms with Gasteiger partial charge < -0.3 is 19.3 Å². The van der Waals surface area contributed by atoms with Crippen molar-refractivity contribution in [1.82, 2.24) is 14.9 Å². The molecule has 1 aromatic rings. The minimum atomic E-state index is -0.454. The average molecular weight is 348 g/mol. The van der Waals surface area contributed by atoms with Crippen molar-refractivity contribution in [1.29, 1.82) is 0 Å². The Balaban J connectivity index is 1.63. The van der Waals surface area contributed by atoms with Gasteiger partial charge in [0.15, 0.2) is 0 Å². The average Bonchev–Trinajstić information content (AvgIpc) is 3.14. The molecule has 0 bridgehead atoms. The summed E-state index contributed by atoms with van der Waals surface area (Å²) in [6.07, 6.45) is 3.62. The minimum Gasteiger partial charge on any atom is -0.444 e. The molecular weight excluding hydrogens is 320 g/mol. The van der Waals surface area contributed by atoms with E-state index < -0.39 is 5.60 Å². The van der Waals surface area contributed by atoms with E-state index in [0.29, 0.717) is 6.61 Å². The molecule has 1 spiro atoms. The molecule has 3 heterocycles. The third-order valence-corrected chi connectivity index (χ3v) is 4.80. The molecule has 1 atom stereocenters. The van der Waals surface area contributed by atoms with Crippen molar-refractivity contribution < 1.29 is 14.3 Å². The quantitative estimate of drug-likeness (QED) is 0.836. The summed E-state index contributed by atoms with van der Waals surface area (Å²) in [4.78, 5) is 25.4. The van der Waals surface area contributed by atoms with E-state index in [9.17, 15) is 4.79 Å². The lowest BCUT2D eigenvalue weighted by Gasteiger charge is -2.27. The van der Waals surface area contributed by atoms with Crippen LogP contribution in [0.3, 0.4) is 0 Å². The number of anilines is 1. The summed E-state index contributed by atoms with van der Waals surface area (Å²) >= 11 is 0. The van der Waals surface area contributed by atoms with Crippen LogP contribution in [-0.4, -0.2) is 59.9 Å². The van der Waals surface area contributed by atoms with Gasteiger partial charge in [0.25, 0.3) is 0 Å². The van der Waals surface area contributed by atoms with Crippen LogP contribution in [-0.2, 0) is 16.1 Å². The van der Waals surface area contributed by atoms with Gasteiger partial charge in [-0.1, -0.05) is 0 Å². The number of ether oxygens (including phenoxy) is 2. The van der Waals surface area contributed by atoms with Gasteiger partial charge in [-0.2, -0.15) is 0 Å². The second-order valence-corrected chi connectivity index (χ2v) is 8.10. The summed E-state index contributed by atoms with van der Waals surface area (Å²) in [5.74, 6) is 0.752. The molecule has 0 aromatic carbocycles. The van der Waals surface area contributed by atoms with Crippen LogP contribution in [0.2, 0.25) is 0 Å². The summed E-state index contributed by atoms with van der Waals surface area (Å²) in [5.41, 5.74) is 0.553. The van der Waals surface area contributed by atoms with Gasteiger partial charge in [-0.3, -0.25) is 0 Å². The van der Waals surface area contributed by atoms with Gasteiger partial charge in [-0.05, 0) is 39.7 Å². The van der Waals surface area contributed by atoms with E-state index in [1.54, 1.807) is 13.3 Å². The van der Waals surface area contributed by atoms with Crippen molar-refractivity contribution in [3.63, 3.8) is 0 Å². The molecule has 0 radical (unpaired) electrons. The Labute approximate surface area is 149 Å². The number of hydrogen-bond acceptors (Lipinski definition) is 6. The molecule has 1 aromatic heterocycles. The smallest absolute Gasteiger partial charge is 0.410 e. The maximum atomic E-state index is 12.3. The number of methoxy groups -OCH3 is 1. The van der Waals surface area contributed by atoms with Gasteiger partial charge >= 0.3 is 6.09 Å². The molecule has 1 unspecified atom stereocenters. The summed E-state index contributed by atoms with van der Waals surface area (Å²) in [7, 11) is 1.66. The first-order valence-corrected chi connectivity index (χ1v) is 8.84. The lowest BCUT2D eigenvalue weighted by atomic mass is 9.86. The predicted octanol–water partition coefficient (Wildman–Crippen LogP) is 2.46. The fourth-order valence-electron chi connectivity index (χ4n) is 3.62. The van der Waals surface area contributed by atoms with Crippen LogP contribution >= 0.6 is 0 Å². The van der Waals surface area contributed by atoms with Gasteiger partial charge in [0.2, 0.25) is 5.95 Å². The Bertz CT molecular complexity index is 631. The molecular formula is C18H28N4O3. The number of hydrogen-bond donors (Lipinski definition) is 0. The van der Waals surface area contributed by atoms with E-state index in [2.05, 4.69) is 14.9 Å². The van der Waals surface area contributed by atoms with Crippen LogP contribution in [0.1, 0.15) is 39.3 Å². The zero-order valence-corrected chi connectivity index (χ0v) is 15.6. The molecule has 138 valence electrons. The molecule has 2 fully saturated rings. The molecule has 0 saturated carbocycles. The molecule has 0 aliphatic carbocycles. The molecule has 7 heteroatoms. The van der Waals surface area contributed by atoms with Crippen molar-refractivity contribution in [3.8, 4) is 0 Å². The lowest BCUT2D eigenvalue weighted by molar-refractivity contribution is 0.0276. The molecule has 2 aliphatic heterocycles. The molecule has 1 amide bonds. The van der Waals surface area contributed by atoms with Crippen LogP contribution < -0.4 is 4.90 Å². The highest BCUT2D eigenvalue weighted by molar-refractivity contribution is 5.68. The fraction of sp³-hybridized carbons (Fsp3) is 0.722. The highest BCUT2D eigenvalue weighted by atomic mass is 16.6. The number of carbonyl (C=O) groups excluding carboxylic acids is 1. The van der Waals surface area contributed by atoms with E-state index in [4.69, 9.17) is 9.47 Å². The zero-order valence-electron chi connectivity index (χ0n) is 15.6. The molecule has 2 aliphatic rings. The fourth-order valence-corrected chi connectivity index (χ4v) is 3.62. The second kappa shape index (κ2) is 6.78. The highest BCUT2D eigenvalue weighted by Gasteiger charge is 2.46. The summed E-state index contributed by atoms with van der Waals surface area (Å²) in [6.45, 7) is 9.49. The topological polar surface area (TPSA) is 67.8 Å². The number of carbonyl (C=O) groups is 1. The zero-order chi connectivity index (χ0) is 18.1. The van der Waals surface area contributed by atoms with Crippen LogP contribution in [0.4, 0.5) is 10.7 Å². The van der Waals surface area contributed by atoms with E-state index in [0.717, 1.165) is 50.7 Å². The largest absolute Gasteiger partial charge is 0.444 e. The van der Waals surface area contributed by atoms with Crippen molar-refractivity contribution in [2.45, 2.75) is 45.8 Å². The van der Waals surface area contributed by atoms with Gasteiger partial charge in [0.1, 0.15) is 5.60 Å². The normalized spacial score (nSPS) is 23.5. The number of likely N-dealkylation sites (tertiary alicyclic amines) is 1. The molecule has 25 heavy (non-hydrogen) atoms. The first kappa shape index (κ1) is 17.9. The van der Waals surface area contributed by atoms with Crippen LogP contribution in [0.25, 0.3) is 0 Å². The van der Waals surface area contributed by atoms with Gasteiger partial charge in [-0.15, -0.1) is 0 Å². The van der Waals surface area contributed by atoms with Gasteiger partial charge in [-0.25, -0.2) is 14.8 Å². The number of rotatable bonds is 3. The van der Waals surface area contributed by atoms with E-state index in [1.807, 2.05) is 31.7 Å². The first-order chi connectivity index (χ1) is 11.8. The Kier molecular flexibility index (Phi) is 4.86.